The van der Waals surface area contributed by atoms with Crippen LogP contribution in [-0.2, 0) is 4.74 Å². The number of aliphatic hydroxyl groups is 2. The molecule has 1 aliphatic rings. The van der Waals surface area contributed by atoms with Crippen LogP contribution in [0.1, 0.15) is 20.3 Å². The van der Waals surface area contributed by atoms with Crippen molar-refractivity contribution in [1.82, 2.24) is 0 Å². The van der Waals surface area contributed by atoms with Crippen LogP contribution in [0.3, 0.4) is 0 Å². The topological polar surface area (TPSA) is 49.7 Å². The van der Waals surface area contributed by atoms with E-state index in [0.29, 0.717) is 19.6 Å². The third-order valence-electron chi connectivity index (χ3n) is 1.16. The summed E-state index contributed by atoms with van der Waals surface area (Å²) in [6.45, 7) is 4.74. The molecule has 0 aromatic rings. The smallest absolute Gasteiger partial charge is 0.0799 e. The molecule has 10 heavy (non-hydrogen) atoms. The van der Waals surface area contributed by atoms with E-state index < -0.39 is 12.2 Å². The fourth-order valence-electron chi connectivity index (χ4n) is 0.790. The Morgan fingerprint density at radius 2 is 1.50 bits per heavy atom. The molecular weight excluding hydrogens is 132 g/mol. The van der Waals surface area contributed by atoms with E-state index in [2.05, 4.69) is 0 Å². The molecule has 1 heterocycles. The van der Waals surface area contributed by atoms with Gasteiger partial charge in [0.05, 0.1) is 25.4 Å². The second-order valence-electron chi connectivity index (χ2n) is 2.08. The minimum Gasteiger partial charge on any atom is -0.391 e. The predicted octanol–water partition coefficient (Wildman–Crippen LogP) is 0.155. The van der Waals surface area contributed by atoms with Crippen LogP contribution in [0.5, 0.6) is 0 Å². The van der Waals surface area contributed by atoms with E-state index >= 15 is 0 Å². The highest BCUT2D eigenvalue weighted by atomic mass is 16.5. The summed E-state index contributed by atoms with van der Waals surface area (Å²) in [6, 6.07) is 0. The Morgan fingerprint density at radius 3 is 1.70 bits per heavy atom. The molecule has 3 heteroatoms. The van der Waals surface area contributed by atoms with Crippen molar-refractivity contribution in [3.63, 3.8) is 0 Å². The van der Waals surface area contributed by atoms with E-state index in [1.54, 1.807) is 0 Å². The number of aliphatic hydroxyl groups excluding tert-OH is 2. The van der Waals surface area contributed by atoms with Gasteiger partial charge < -0.3 is 14.9 Å². The molecule has 1 fully saturated rings. The zero-order chi connectivity index (χ0) is 7.98. The quantitative estimate of drug-likeness (QED) is 0.514. The molecule has 2 atom stereocenters. The molecule has 0 spiro atoms. The second kappa shape index (κ2) is 5.65. The van der Waals surface area contributed by atoms with Crippen molar-refractivity contribution in [3.8, 4) is 0 Å². The van der Waals surface area contributed by atoms with Gasteiger partial charge in [0.2, 0.25) is 0 Å². The molecule has 3 nitrogen and oxygen atoms in total. The van der Waals surface area contributed by atoms with Gasteiger partial charge in [0.1, 0.15) is 0 Å². The monoisotopic (exact) mass is 148 g/mol. The van der Waals surface area contributed by atoms with Crippen LogP contribution in [0.4, 0.5) is 0 Å². The van der Waals surface area contributed by atoms with Crippen molar-refractivity contribution in [1.29, 1.82) is 0 Å². The molecule has 2 N–H and O–H groups in total. The molecule has 62 valence electrons. The van der Waals surface area contributed by atoms with Crippen molar-refractivity contribution in [2.24, 2.45) is 0 Å². The average molecular weight is 148 g/mol. The number of hydrogen-bond acceptors (Lipinski definition) is 3. The van der Waals surface area contributed by atoms with Crippen LogP contribution in [0.25, 0.3) is 0 Å². The highest BCUT2D eigenvalue weighted by Crippen LogP contribution is 2.05. The first-order valence-electron chi connectivity index (χ1n) is 3.73. The zero-order valence-corrected chi connectivity index (χ0v) is 6.58. The Morgan fingerprint density at radius 1 is 1.10 bits per heavy atom. The van der Waals surface area contributed by atoms with Gasteiger partial charge >= 0.3 is 0 Å². The van der Waals surface area contributed by atoms with Gasteiger partial charge in [-0.15, -0.1) is 0 Å². The first-order chi connectivity index (χ1) is 4.79. The fraction of sp³-hybridized carbons (Fsp3) is 1.00. The summed E-state index contributed by atoms with van der Waals surface area (Å²) < 4.78 is 4.79. The summed E-state index contributed by atoms with van der Waals surface area (Å²) in [5.41, 5.74) is 0. The molecule has 0 aliphatic carbocycles. The lowest BCUT2D eigenvalue weighted by molar-refractivity contribution is -0.0714. The molecule has 0 aromatic heterocycles. The van der Waals surface area contributed by atoms with Crippen LogP contribution in [0.2, 0.25) is 0 Å². The fourth-order valence-corrected chi connectivity index (χ4v) is 0.790. The van der Waals surface area contributed by atoms with Crippen LogP contribution in [0, 0.1) is 0 Å². The highest BCUT2D eigenvalue weighted by Gasteiger charge is 2.17. The van der Waals surface area contributed by atoms with Crippen LogP contribution >= 0.6 is 0 Å². The van der Waals surface area contributed by atoms with E-state index in [-0.39, 0.29) is 0 Å². The van der Waals surface area contributed by atoms with Gasteiger partial charge in [0.25, 0.3) is 0 Å². The third kappa shape index (κ3) is 3.82. The van der Waals surface area contributed by atoms with Gasteiger partial charge in [-0.3, -0.25) is 0 Å². The maximum absolute atomic E-state index is 8.79. The number of rotatable bonds is 0. The Hall–Kier alpha value is -0.120. The molecule has 0 aromatic carbocycles. The lowest BCUT2D eigenvalue weighted by Crippen LogP contribution is -2.32. The minimum atomic E-state index is -0.459. The summed E-state index contributed by atoms with van der Waals surface area (Å²) in [4.78, 5) is 0. The number of ether oxygens (including phenoxy) is 1. The molecular formula is C7H16O3. The minimum absolute atomic E-state index is 0.372. The van der Waals surface area contributed by atoms with E-state index in [0.717, 1.165) is 0 Å². The van der Waals surface area contributed by atoms with Gasteiger partial charge in [0.15, 0.2) is 0 Å². The Bertz CT molecular complexity index is 67.3. The molecule has 0 amide bonds. The number of hydrogen-bond donors (Lipinski definition) is 2. The summed E-state index contributed by atoms with van der Waals surface area (Å²) >= 11 is 0. The highest BCUT2D eigenvalue weighted by molar-refractivity contribution is 4.66. The summed E-state index contributed by atoms with van der Waals surface area (Å²) in [5.74, 6) is 0. The maximum Gasteiger partial charge on any atom is 0.0799 e. The second-order valence-corrected chi connectivity index (χ2v) is 2.08. The first kappa shape index (κ1) is 9.88. The predicted molar refractivity (Wildman–Crippen MR) is 38.8 cm³/mol. The SMILES string of the molecule is CC.O[C@@H]1COC[C@H](O)C1. The van der Waals surface area contributed by atoms with E-state index in [1.165, 1.54) is 0 Å². The van der Waals surface area contributed by atoms with Gasteiger partial charge in [-0.2, -0.15) is 0 Å². The molecule has 1 saturated heterocycles. The molecule has 1 rings (SSSR count). The van der Waals surface area contributed by atoms with Crippen LogP contribution in [-0.4, -0.2) is 35.6 Å². The van der Waals surface area contributed by atoms with Crippen molar-refractivity contribution in [2.75, 3.05) is 13.2 Å². The Kier molecular flexibility index (Phi) is 5.58. The zero-order valence-electron chi connectivity index (χ0n) is 6.58. The van der Waals surface area contributed by atoms with Gasteiger partial charge in [0, 0.05) is 6.42 Å². The maximum atomic E-state index is 8.79. The van der Waals surface area contributed by atoms with Gasteiger partial charge in [-0.25, -0.2) is 0 Å². The van der Waals surface area contributed by atoms with Gasteiger partial charge in [-0.1, -0.05) is 13.8 Å². The van der Waals surface area contributed by atoms with Crippen LogP contribution in [0.15, 0.2) is 0 Å². The third-order valence-corrected chi connectivity index (χ3v) is 1.16. The van der Waals surface area contributed by atoms with E-state index in [4.69, 9.17) is 14.9 Å². The average Bonchev–Trinajstić information content (AvgIpc) is 1.91. The molecule has 0 radical (unpaired) electrons. The molecule has 1 aliphatic heterocycles. The largest absolute Gasteiger partial charge is 0.391 e. The summed E-state index contributed by atoms with van der Waals surface area (Å²) in [5, 5.41) is 17.6. The van der Waals surface area contributed by atoms with E-state index in [9.17, 15) is 0 Å². The molecule has 0 unspecified atom stereocenters. The lowest BCUT2D eigenvalue weighted by atomic mass is 10.1. The molecule has 0 saturated carbocycles. The van der Waals surface area contributed by atoms with Crippen LogP contribution < -0.4 is 0 Å². The van der Waals surface area contributed by atoms with E-state index in [1.807, 2.05) is 13.8 Å². The first-order valence-corrected chi connectivity index (χ1v) is 3.73. The summed E-state index contributed by atoms with van der Waals surface area (Å²) in [7, 11) is 0. The van der Waals surface area contributed by atoms with Crippen molar-refractivity contribution >= 4 is 0 Å². The summed E-state index contributed by atoms with van der Waals surface area (Å²) in [6.07, 6.45) is -0.461. The molecule has 0 bridgehead atoms. The van der Waals surface area contributed by atoms with Crippen molar-refractivity contribution in [3.05, 3.63) is 0 Å². The van der Waals surface area contributed by atoms with Crippen molar-refractivity contribution in [2.45, 2.75) is 32.5 Å². The Labute approximate surface area is 61.6 Å². The normalized spacial score (nSPS) is 32.4. The van der Waals surface area contributed by atoms with Gasteiger partial charge in [-0.05, 0) is 0 Å². The van der Waals surface area contributed by atoms with Crippen molar-refractivity contribution < 1.29 is 14.9 Å². The standard InChI is InChI=1S/C5H10O3.C2H6/c6-4-1-5(7)3-8-2-4;1-2/h4-7H,1-3H2;1-2H3/t4-,5+;. The lowest BCUT2D eigenvalue weighted by Gasteiger charge is -2.21. The Balaban J connectivity index is 0.000000371.